The third-order valence-electron chi connectivity index (χ3n) is 3.77. The van der Waals surface area contributed by atoms with Crippen LogP contribution in [0.15, 0.2) is 54.6 Å². The zero-order valence-corrected chi connectivity index (χ0v) is 15.6. The van der Waals surface area contributed by atoms with Crippen LogP contribution in [0.2, 0.25) is 0 Å². The summed E-state index contributed by atoms with van der Waals surface area (Å²) in [7, 11) is 3.05. The molecule has 2 rings (SSSR count). The average molecular weight is 380 g/mol. The molecule has 0 aliphatic carbocycles. The van der Waals surface area contributed by atoms with Crippen LogP contribution >= 0.6 is 0 Å². The Bertz CT molecular complexity index is 887. The molecule has 0 saturated heterocycles. The summed E-state index contributed by atoms with van der Waals surface area (Å²) in [5, 5.41) is 8.94. The van der Waals surface area contributed by atoms with Crippen molar-refractivity contribution in [2.24, 2.45) is 0 Å². The number of carbonyl (C=O) groups is 2. The molecule has 2 aromatic carbocycles. The third-order valence-corrected chi connectivity index (χ3v) is 3.77. The molecule has 0 fully saturated rings. The first-order chi connectivity index (χ1) is 13.6. The predicted molar refractivity (Wildman–Crippen MR) is 104 cm³/mol. The van der Waals surface area contributed by atoms with Crippen molar-refractivity contribution >= 4 is 23.6 Å². The van der Waals surface area contributed by atoms with Crippen molar-refractivity contribution in [1.82, 2.24) is 0 Å². The van der Waals surface area contributed by atoms with Gasteiger partial charge in [-0.2, -0.15) is 5.26 Å². The molecule has 0 aliphatic heterocycles. The van der Waals surface area contributed by atoms with Crippen LogP contribution in [0.5, 0.6) is 11.5 Å². The summed E-state index contributed by atoms with van der Waals surface area (Å²) in [6.07, 6.45) is 2.71. The number of esters is 1. The van der Waals surface area contributed by atoms with Gasteiger partial charge in [-0.1, -0.05) is 18.2 Å². The van der Waals surface area contributed by atoms with Gasteiger partial charge in [-0.05, 0) is 36.4 Å². The number of methoxy groups -OCH3 is 2. The summed E-state index contributed by atoms with van der Waals surface area (Å²) in [4.78, 5) is 25.6. The van der Waals surface area contributed by atoms with E-state index in [2.05, 4.69) is 0 Å². The van der Waals surface area contributed by atoms with E-state index in [0.29, 0.717) is 22.7 Å². The third kappa shape index (κ3) is 5.61. The molecule has 28 heavy (non-hydrogen) atoms. The van der Waals surface area contributed by atoms with E-state index in [4.69, 9.17) is 19.5 Å². The van der Waals surface area contributed by atoms with Gasteiger partial charge in [0.2, 0.25) is 0 Å². The van der Waals surface area contributed by atoms with E-state index in [9.17, 15) is 9.59 Å². The van der Waals surface area contributed by atoms with Crippen molar-refractivity contribution in [2.45, 2.75) is 0 Å². The fourth-order valence-electron chi connectivity index (χ4n) is 2.39. The molecule has 0 atom stereocenters. The van der Waals surface area contributed by atoms with Gasteiger partial charge in [-0.3, -0.25) is 9.69 Å². The van der Waals surface area contributed by atoms with Gasteiger partial charge in [-0.15, -0.1) is 0 Å². The van der Waals surface area contributed by atoms with Crippen molar-refractivity contribution in [2.75, 3.05) is 32.3 Å². The number of ether oxygens (including phenoxy) is 3. The molecule has 0 unspecified atom stereocenters. The summed E-state index contributed by atoms with van der Waals surface area (Å²) >= 11 is 0. The number of carbonyl (C=O) groups excluding carboxylic acids is 2. The highest BCUT2D eigenvalue weighted by Gasteiger charge is 2.16. The van der Waals surface area contributed by atoms with Gasteiger partial charge < -0.3 is 14.2 Å². The van der Waals surface area contributed by atoms with Crippen LogP contribution in [0.3, 0.4) is 0 Å². The summed E-state index contributed by atoms with van der Waals surface area (Å²) in [6.45, 7) is -0.619. The number of hydrogen-bond acceptors (Lipinski definition) is 6. The van der Waals surface area contributed by atoms with Gasteiger partial charge in [0.25, 0.3) is 5.91 Å². The summed E-state index contributed by atoms with van der Waals surface area (Å²) in [6, 6.07) is 15.8. The Morgan fingerprint density at radius 2 is 1.86 bits per heavy atom. The highest BCUT2D eigenvalue weighted by Crippen LogP contribution is 2.25. The minimum Gasteiger partial charge on any atom is -0.497 e. The molecule has 0 saturated carbocycles. The van der Waals surface area contributed by atoms with E-state index < -0.39 is 18.5 Å². The molecule has 0 aromatic heterocycles. The van der Waals surface area contributed by atoms with Crippen LogP contribution in [-0.2, 0) is 14.3 Å². The van der Waals surface area contributed by atoms with Gasteiger partial charge in [-0.25, -0.2) is 4.79 Å². The van der Waals surface area contributed by atoms with E-state index in [1.807, 2.05) is 6.07 Å². The molecule has 2 aromatic rings. The maximum absolute atomic E-state index is 12.3. The molecule has 7 nitrogen and oxygen atoms in total. The van der Waals surface area contributed by atoms with Crippen LogP contribution in [-0.4, -0.2) is 39.2 Å². The average Bonchev–Trinajstić information content (AvgIpc) is 2.74. The lowest BCUT2D eigenvalue weighted by Gasteiger charge is -2.19. The molecular formula is C21H20N2O5. The van der Waals surface area contributed by atoms with Crippen LogP contribution in [0.1, 0.15) is 5.56 Å². The second-order valence-electron chi connectivity index (χ2n) is 5.52. The van der Waals surface area contributed by atoms with Crippen LogP contribution in [0, 0.1) is 11.3 Å². The second kappa shape index (κ2) is 10.4. The van der Waals surface area contributed by atoms with Crippen molar-refractivity contribution < 1.29 is 23.8 Å². The smallest absolute Gasteiger partial charge is 0.331 e. The first-order valence-electron chi connectivity index (χ1n) is 8.38. The Hall–Kier alpha value is -3.79. The van der Waals surface area contributed by atoms with Crippen molar-refractivity contribution in [1.29, 1.82) is 5.26 Å². The molecule has 0 bridgehead atoms. The first kappa shape index (κ1) is 20.5. The van der Waals surface area contributed by atoms with E-state index in [1.54, 1.807) is 48.5 Å². The maximum atomic E-state index is 12.3. The Kier molecular flexibility index (Phi) is 7.61. The summed E-state index contributed by atoms with van der Waals surface area (Å²) in [5.41, 5.74) is 1.18. The lowest BCUT2D eigenvalue weighted by atomic mass is 10.1. The van der Waals surface area contributed by atoms with E-state index >= 15 is 0 Å². The van der Waals surface area contributed by atoms with Crippen LogP contribution in [0.25, 0.3) is 6.08 Å². The Morgan fingerprint density at radius 3 is 2.50 bits per heavy atom. The van der Waals surface area contributed by atoms with E-state index in [1.165, 1.54) is 31.3 Å². The van der Waals surface area contributed by atoms with Crippen molar-refractivity contribution in [3.63, 3.8) is 0 Å². The zero-order chi connectivity index (χ0) is 20.4. The first-order valence-corrected chi connectivity index (χ1v) is 8.38. The SMILES string of the molecule is COc1ccc(OC)c(/C=C/C(=O)OCC(=O)N(CC#N)c2ccccc2)c1. The molecule has 7 heteroatoms. The maximum Gasteiger partial charge on any atom is 0.331 e. The molecule has 144 valence electrons. The standard InChI is InChI=1S/C21H20N2O5/c1-26-18-9-10-19(27-2)16(14-18)8-11-21(25)28-15-20(24)23(13-12-22)17-6-4-3-5-7-17/h3-11,14H,13,15H2,1-2H3/b11-8+. The monoisotopic (exact) mass is 380 g/mol. The summed E-state index contributed by atoms with van der Waals surface area (Å²) < 4.78 is 15.4. The largest absolute Gasteiger partial charge is 0.497 e. The van der Waals surface area contributed by atoms with Gasteiger partial charge in [0.1, 0.15) is 18.0 Å². The molecule has 1 amide bonds. The van der Waals surface area contributed by atoms with Crippen LogP contribution in [0.4, 0.5) is 5.69 Å². The van der Waals surface area contributed by atoms with E-state index in [0.717, 1.165) is 0 Å². The molecule has 0 heterocycles. The Labute approximate surface area is 163 Å². The molecule has 0 spiro atoms. The minimum absolute atomic E-state index is 0.142. The van der Waals surface area contributed by atoms with Gasteiger partial charge in [0, 0.05) is 17.3 Å². The molecule has 0 radical (unpaired) electrons. The number of hydrogen-bond donors (Lipinski definition) is 0. The number of nitriles is 1. The number of anilines is 1. The zero-order valence-electron chi connectivity index (χ0n) is 15.6. The lowest BCUT2D eigenvalue weighted by Crippen LogP contribution is -2.34. The van der Waals surface area contributed by atoms with Crippen molar-refractivity contribution in [3.05, 3.63) is 60.2 Å². The highest BCUT2D eigenvalue weighted by molar-refractivity contribution is 5.96. The molecule has 0 N–H and O–H groups in total. The quantitative estimate of drug-likeness (QED) is 0.397. The summed E-state index contributed by atoms with van der Waals surface area (Å²) in [5.74, 6) is -0.0131. The Morgan fingerprint density at radius 1 is 1.11 bits per heavy atom. The van der Waals surface area contributed by atoms with Gasteiger partial charge in [0.15, 0.2) is 6.61 Å². The topological polar surface area (TPSA) is 88.9 Å². The number of amides is 1. The number of para-hydroxylation sites is 1. The molecule has 0 aliphatic rings. The molecular weight excluding hydrogens is 360 g/mol. The van der Waals surface area contributed by atoms with Crippen molar-refractivity contribution in [3.8, 4) is 17.6 Å². The number of rotatable bonds is 8. The normalized spacial score (nSPS) is 10.2. The predicted octanol–water partition coefficient (Wildman–Crippen LogP) is 2.82. The fourth-order valence-corrected chi connectivity index (χ4v) is 2.39. The van der Waals surface area contributed by atoms with Gasteiger partial charge in [0.05, 0.1) is 20.3 Å². The van der Waals surface area contributed by atoms with Gasteiger partial charge >= 0.3 is 5.97 Å². The Balaban J connectivity index is 2.00. The minimum atomic E-state index is -0.691. The van der Waals surface area contributed by atoms with E-state index in [-0.39, 0.29) is 6.54 Å². The highest BCUT2D eigenvalue weighted by atomic mass is 16.5. The fraction of sp³-hybridized carbons (Fsp3) is 0.190. The second-order valence-corrected chi connectivity index (χ2v) is 5.52. The number of nitrogens with zero attached hydrogens (tertiary/aromatic N) is 2. The number of benzene rings is 2. The lowest BCUT2D eigenvalue weighted by molar-refractivity contribution is -0.142. The van der Waals surface area contributed by atoms with Crippen LogP contribution < -0.4 is 14.4 Å².